The number of urea groups is 1. The number of hydrogen-bond donors (Lipinski definition) is 5. The summed E-state index contributed by atoms with van der Waals surface area (Å²) in [6, 6.07) is 10.3. The van der Waals surface area contributed by atoms with Gasteiger partial charge in [0.1, 0.15) is 12.6 Å². The van der Waals surface area contributed by atoms with Gasteiger partial charge in [0.2, 0.25) is 5.91 Å². The van der Waals surface area contributed by atoms with Crippen LogP contribution in [-0.4, -0.2) is 131 Å². The van der Waals surface area contributed by atoms with Gasteiger partial charge in [0.05, 0.1) is 80.0 Å². The smallest absolute Gasteiger partial charge is 0.416 e. The molecule has 6 amide bonds. The van der Waals surface area contributed by atoms with Gasteiger partial charge in [-0.25, -0.2) is 19.2 Å². The Morgan fingerprint density at radius 3 is 2.19 bits per heavy atom. The van der Waals surface area contributed by atoms with Crippen molar-refractivity contribution in [2.24, 2.45) is 22.4 Å². The Labute approximate surface area is 434 Å². The Bertz CT molecular complexity index is 2850. The predicted octanol–water partition coefficient (Wildman–Crippen LogP) is 5.94. The summed E-state index contributed by atoms with van der Waals surface area (Å²) in [7, 11) is 2.97. The van der Waals surface area contributed by atoms with Crippen LogP contribution in [0.25, 0.3) is 0 Å². The van der Waals surface area contributed by atoms with Gasteiger partial charge in [0.25, 0.3) is 11.8 Å². The van der Waals surface area contributed by atoms with Crippen molar-refractivity contribution in [3.05, 3.63) is 101 Å². The predicted molar refractivity (Wildman–Crippen MR) is 278 cm³/mol. The number of unbranched alkanes of at least 4 members (excludes halogenated alkanes) is 2. The number of aliphatic hydroxyl groups excluding tert-OH is 1. The van der Waals surface area contributed by atoms with Crippen molar-refractivity contribution >= 4 is 53.1 Å². The number of ether oxygens (including phenoxy) is 5. The van der Waals surface area contributed by atoms with Crippen LogP contribution < -0.4 is 45.9 Å². The molecule has 2 saturated heterocycles. The first-order chi connectivity index (χ1) is 36.0. The van der Waals surface area contributed by atoms with Crippen molar-refractivity contribution in [1.82, 2.24) is 30.1 Å². The van der Waals surface area contributed by atoms with Gasteiger partial charge in [-0.15, -0.1) is 5.10 Å². The van der Waals surface area contributed by atoms with Gasteiger partial charge in [0.15, 0.2) is 29.2 Å². The van der Waals surface area contributed by atoms with Crippen LogP contribution in [0.15, 0.2) is 84.0 Å². The monoisotopic (exact) mass is 1030 g/mol. The average molecular weight is 1030 g/mol. The molecule has 3 aromatic carbocycles. The number of rotatable bonds is 21. The number of nitrogens with zero attached hydrogens (tertiary/aromatic N) is 7. The Morgan fingerprint density at radius 1 is 0.853 bits per heavy atom. The van der Waals surface area contributed by atoms with E-state index in [4.69, 9.17) is 35.2 Å². The van der Waals surface area contributed by atoms with E-state index in [1.807, 2.05) is 13.8 Å². The number of nitrogens with two attached hydrogens (primary N) is 2. The molecule has 22 nitrogen and oxygen atoms in total. The quantitative estimate of drug-likeness (QED) is 0.0477. The van der Waals surface area contributed by atoms with Crippen LogP contribution in [0, 0.1) is 5.92 Å². The molecule has 398 valence electrons. The number of benzene rings is 3. The van der Waals surface area contributed by atoms with Crippen molar-refractivity contribution in [3.63, 3.8) is 0 Å². The van der Waals surface area contributed by atoms with E-state index >= 15 is 0 Å². The van der Waals surface area contributed by atoms with E-state index in [2.05, 4.69) is 39.1 Å². The van der Waals surface area contributed by atoms with Gasteiger partial charge >= 0.3 is 12.1 Å². The minimum absolute atomic E-state index is 0.0806. The van der Waals surface area contributed by atoms with E-state index < -0.39 is 36.3 Å². The molecule has 7 N–H and O–H groups in total. The highest BCUT2D eigenvalue weighted by atomic mass is 16.6. The third-order valence-corrected chi connectivity index (χ3v) is 13.6. The minimum atomic E-state index is -1.51. The number of aliphatic hydroxyl groups is 1. The maximum absolute atomic E-state index is 14.2. The first-order valence-electron chi connectivity index (χ1n) is 25.0. The third-order valence-electron chi connectivity index (χ3n) is 13.6. The van der Waals surface area contributed by atoms with E-state index in [0.717, 1.165) is 16.0 Å². The number of aliphatic imine (C=N–C) groups is 1. The molecule has 2 fully saturated rings. The topological polar surface area (TPSA) is 281 Å². The molecule has 8 rings (SSSR count). The van der Waals surface area contributed by atoms with E-state index in [1.54, 1.807) is 53.7 Å². The molecular weight excluding hydrogens is 967 g/mol. The molecule has 1 aromatic heterocycles. The van der Waals surface area contributed by atoms with Crippen LogP contribution in [0.3, 0.4) is 0 Å². The molecule has 5 heterocycles. The molecule has 5 atom stereocenters. The number of primary amides is 1. The molecular formula is C53H65N11O11. The molecule has 4 aromatic rings. The fourth-order valence-corrected chi connectivity index (χ4v) is 9.49. The van der Waals surface area contributed by atoms with Crippen LogP contribution in [0.1, 0.15) is 103 Å². The largest absolute Gasteiger partial charge is 0.493 e. The minimum Gasteiger partial charge on any atom is -0.493 e. The average Bonchev–Trinajstić information content (AvgIpc) is 4.13. The van der Waals surface area contributed by atoms with E-state index in [-0.39, 0.29) is 85.3 Å². The Kier molecular flexibility index (Phi) is 16.7. The summed E-state index contributed by atoms with van der Waals surface area (Å²) in [6.07, 6.45) is 4.63. The molecule has 0 radical (unpaired) electrons. The number of nitrogens with one attached hydrogen (secondary N) is 2. The molecule has 0 bridgehead atoms. The number of anilines is 2. The summed E-state index contributed by atoms with van der Waals surface area (Å²) in [4.78, 5) is 75.6. The molecule has 0 spiro atoms. The fourth-order valence-electron chi connectivity index (χ4n) is 9.49. The number of methoxy groups -OCH3 is 2. The molecule has 75 heavy (non-hydrogen) atoms. The standard InChI is InChI=1S/C53H65N11O11/c1-30(2)47(54)39-28-63(60-59-39)40(11-10-16-56-52(55)69)48(65)58-34-14-12-33(13-15-34)29-75-53(70)64-41-24-46(44(72-6)22-37(41)50(67)62-27-32(4)20-42(62)51(64)68)74-18-9-7-8-17-73-45-23-38-36(21-43(45)71-5)49(66)61-26-31(3)19-35(61)25-57-38/h12-15,21-25,28,30,35,40,42,47,51,68H,3-4,7-11,16-20,26-27,29,54H2,1-2,5-6H3,(H,58,65)(H3,55,56,69)/t35-,40-,42-,47-,51-/m0/s1. The van der Waals surface area contributed by atoms with Gasteiger partial charge in [-0.2, -0.15) is 0 Å². The lowest BCUT2D eigenvalue weighted by Gasteiger charge is -2.31. The third kappa shape index (κ3) is 12.0. The first kappa shape index (κ1) is 53.3. The fraction of sp³-hybridized carbons (Fsp3) is 0.434. The number of carbonyl (C=O) groups excluding carboxylic acids is 5. The summed E-state index contributed by atoms with van der Waals surface area (Å²) in [6.45, 7) is 13.3. The van der Waals surface area contributed by atoms with Crippen LogP contribution in [0.4, 0.5) is 26.7 Å². The maximum atomic E-state index is 14.2. The Balaban J connectivity index is 0.900. The molecule has 0 aliphatic carbocycles. The van der Waals surface area contributed by atoms with E-state index in [0.29, 0.717) is 91.4 Å². The number of carbonyl (C=O) groups is 5. The van der Waals surface area contributed by atoms with E-state index in [1.165, 1.54) is 35.9 Å². The van der Waals surface area contributed by atoms with Crippen LogP contribution >= 0.6 is 0 Å². The highest BCUT2D eigenvalue weighted by Gasteiger charge is 2.46. The number of aromatic nitrogens is 3. The van der Waals surface area contributed by atoms with Crippen LogP contribution in [0.5, 0.6) is 23.0 Å². The zero-order chi connectivity index (χ0) is 53.5. The van der Waals surface area contributed by atoms with Crippen LogP contribution in [0.2, 0.25) is 0 Å². The zero-order valence-corrected chi connectivity index (χ0v) is 42.7. The molecule has 4 aliphatic rings. The van der Waals surface area contributed by atoms with Crippen molar-refractivity contribution in [2.75, 3.05) is 57.3 Å². The van der Waals surface area contributed by atoms with Crippen molar-refractivity contribution in [1.29, 1.82) is 0 Å². The van der Waals surface area contributed by atoms with Gasteiger partial charge in [0, 0.05) is 43.7 Å². The lowest BCUT2D eigenvalue weighted by molar-refractivity contribution is -0.119. The number of fused-ring (bicyclic) bond motifs is 4. The highest BCUT2D eigenvalue weighted by molar-refractivity contribution is 6.06. The summed E-state index contributed by atoms with van der Waals surface area (Å²) in [5, 5.41) is 25.7. The maximum Gasteiger partial charge on any atom is 0.416 e. The van der Waals surface area contributed by atoms with Crippen molar-refractivity contribution in [2.45, 2.75) is 95.8 Å². The summed E-state index contributed by atoms with van der Waals surface area (Å²) in [5.41, 5.74) is 15.9. The van der Waals surface area contributed by atoms with Crippen molar-refractivity contribution < 1.29 is 52.8 Å². The summed E-state index contributed by atoms with van der Waals surface area (Å²) < 4.78 is 30.9. The Hall–Kier alpha value is -7.98. The second-order valence-corrected chi connectivity index (χ2v) is 19.4. The van der Waals surface area contributed by atoms with Gasteiger partial charge < -0.3 is 60.7 Å². The molecule has 0 saturated carbocycles. The number of hydrogen-bond acceptors (Lipinski definition) is 15. The van der Waals surface area contributed by atoms with Crippen molar-refractivity contribution in [3.8, 4) is 23.0 Å². The normalized spacial score (nSPS) is 18.6. The molecule has 4 aliphatic heterocycles. The van der Waals surface area contributed by atoms with Gasteiger partial charge in [-0.1, -0.05) is 55.5 Å². The van der Waals surface area contributed by atoms with Crippen LogP contribution in [-0.2, 0) is 16.1 Å². The summed E-state index contributed by atoms with van der Waals surface area (Å²) in [5.74, 6) is 0.560. The SMILES string of the molecule is C=C1C[C@H]2C=Nc3cc(OCCCCCOc4cc5c(cc4OC)C(=O)N4CC(=C)C[C@H]4[C@H](O)N5C(=O)OCc4ccc(NC(=O)[C@H](CCCNC(N)=O)n5cc([C@@H](N)C(C)C)nn5)cc4)c(OC)cc3C(=O)N2C1. The molecule has 22 heteroatoms. The number of amides is 6. The first-order valence-corrected chi connectivity index (χ1v) is 25.0. The zero-order valence-electron chi connectivity index (χ0n) is 42.7. The summed E-state index contributed by atoms with van der Waals surface area (Å²) >= 11 is 0. The molecule has 0 unspecified atom stereocenters. The lowest BCUT2D eigenvalue weighted by atomic mass is 10.0. The lowest BCUT2D eigenvalue weighted by Crippen LogP contribution is -2.50. The van der Waals surface area contributed by atoms with Gasteiger partial charge in [-0.3, -0.25) is 19.4 Å². The second-order valence-electron chi connectivity index (χ2n) is 19.4. The Morgan fingerprint density at radius 2 is 1.51 bits per heavy atom. The van der Waals surface area contributed by atoms with E-state index in [9.17, 15) is 29.1 Å². The second kappa shape index (κ2) is 23.5. The highest BCUT2D eigenvalue weighted by Crippen LogP contribution is 2.43. The van der Waals surface area contributed by atoms with Gasteiger partial charge in [-0.05, 0) is 80.7 Å².